The zero-order chi connectivity index (χ0) is 20.3. The molecule has 0 saturated carbocycles. The number of carbonyl (C=O) groups excluding carboxylic acids is 2. The minimum Gasteiger partial charge on any atom is -0.462 e. The number of nitrogens with one attached hydrogen (secondary N) is 1. The van der Waals surface area contributed by atoms with Gasteiger partial charge in [0.25, 0.3) is 11.6 Å². The van der Waals surface area contributed by atoms with Crippen molar-refractivity contribution in [3.63, 3.8) is 0 Å². The van der Waals surface area contributed by atoms with Crippen molar-refractivity contribution >= 4 is 28.5 Å². The standard InChI is InChI=1S/C20H18N2O6/c1-3-27-20(24)15-8-14(9-16(10-15)22(25)26)19(23)21-12(2)18-11-13-6-4-5-7-17(13)28-18/h4-12H,3H2,1-2H3,(H,21,23)/t12-/m0/s1. The largest absolute Gasteiger partial charge is 0.462 e. The summed E-state index contributed by atoms with van der Waals surface area (Å²) in [5, 5.41) is 14.8. The zero-order valence-corrected chi connectivity index (χ0v) is 15.3. The number of esters is 1. The first-order valence-corrected chi connectivity index (χ1v) is 8.65. The number of benzene rings is 2. The van der Waals surface area contributed by atoms with Gasteiger partial charge in [0.15, 0.2) is 0 Å². The van der Waals surface area contributed by atoms with E-state index in [2.05, 4.69) is 5.32 Å². The monoisotopic (exact) mass is 382 g/mol. The maximum Gasteiger partial charge on any atom is 0.338 e. The fourth-order valence-corrected chi connectivity index (χ4v) is 2.75. The highest BCUT2D eigenvalue weighted by Crippen LogP contribution is 2.24. The molecule has 8 heteroatoms. The van der Waals surface area contributed by atoms with E-state index in [1.165, 1.54) is 6.07 Å². The Bertz CT molecular complexity index is 1020. The predicted molar refractivity (Wildman–Crippen MR) is 101 cm³/mol. The number of rotatable bonds is 6. The van der Waals surface area contributed by atoms with E-state index in [1.54, 1.807) is 13.8 Å². The van der Waals surface area contributed by atoms with Crippen molar-refractivity contribution < 1.29 is 23.7 Å². The van der Waals surface area contributed by atoms with Gasteiger partial charge in [-0.15, -0.1) is 0 Å². The maximum absolute atomic E-state index is 12.6. The van der Waals surface area contributed by atoms with E-state index in [0.29, 0.717) is 11.3 Å². The van der Waals surface area contributed by atoms with Gasteiger partial charge in [-0.1, -0.05) is 18.2 Å². The molecule has 1 atom stereocenters. The van der Waals surface area contributed by atoms with Crippen molar-refractivity contribution in [2.24, 2.45) is 0 Å². The van der Waals surface area contributed by atoms with Gasteiger partial charge >= 0.3 is 5.97 Å². The summed E-state index contributed by atoms with van der Waals surface area (Å²) in [5.41, 5.74) is 0.253. The third-order valence-corrected chi connectivity index (χ3v) is 4.12. The Balaban J connectivity index is 1.86. The van der Waals surface area contributed by atoms with Gasteiger partial charge in [-0.25, -0.2) is 4.79 Å². The van der Waals surface area contributed by atoms with Crippen molar-refractivity contribution in [1.82, 2.24) is 5.32 Å². The van der Waals surface area contributed by atoms with Crippen LogP contribution in [-0.2, 0) is 4.74 Å². The highest BCUT2D eigenvalue weighted by molar-refractivity contribution is 5.99. The number of carbonyl (C=O) groups is 2. The van der Waals surface area contributed by atoms with E-state index in [4.69, 9.17) is 9.15 Å². The maximum atomic E-state index is 12.6. The lowest BCUT2D eigenvalue weighted by molar-refractivity contribution is -0.384. The summed E-state index contributed by atoms with van der Waals surface area (Å²) in [6.45, 7) is 3.48. The number of para-hydroxylation sites is 1. The number of nitro groups is 1. The van der Waals surface area contributed by atoms with Crippen LogP contribution in [0.1, 0.15) is 46.4 Å². The molecule has 28 heavy (non-hydrogen) atoms. The van der Waals surface area contributed by atoms with Gasteiger partial charge in [0.2, 0.25) is 0 Å². The second kappa shape index (κ2) is 7.91. The van der Waals surface area contributed by atoms with Gasteiger partial charge in [0, 0.05) is 23.1 Å². The van der Waals surface area contributed by atoms with E-state index in [9.17, 15) is 19.7 Å². The molecule has 0 aliphatic rings. The van der Waals surface area contributed by atoms with Crippen LogP contribution >= 0.6 is 0 Å². The molecule has 1 amide bonds. The van der Waals surface area contributed by atoms with Crippen LogP contribution in [0.4, 0.5) is 5.69 Å². The Labute approximate surface area is 160 Å². The molecule has 3 rings (SSSR count). The second-order valence-electron chi connectivity index (χ2n) is 6.13. The van der Waals surface area contributed by atoms with Crippen molar-refractivity contribution in [1.29, 1.82) is 0 Å². The number of hydrogen-bond donors (Lipinski definition) is 1. The lowest BCUT2D eigenvalue weighted by Crippen LogP contribution is -2.26. The van der Waals surface area contributed by atoms with Gasteiger partial charge in [-0.2, -0.15) is 0 Å². The van der Waals surface area contributed by atoms with Crippen LogP contribution in [0, 0.1) is 10.1 Å². The smallest absolute Gasteiger partial charge is 0.338 e. The van der Waals surface area contributed by atoms with E-state index >= 15 is 0 Å². The quantitative estimate of drug-likeness (QED) is 0.392. The van der Waals surface area contributed by atoms with Crippen LogP contribution in [0.5, 0.6) is 0 Å². The zero-order valence-electron chi connectivity index (χ0n) is 15.3. The van der Waals surface area contributed by atoms with Gasteiger partial charge < -0.3 is 14.5 Å². The average molecular weight is 382 g/mol. The number of nitrogens with zero attached hydrogens (tertiary/aromatic N) is 1. The van der Waals surface area contributed by atoms with Crippen molar-refractivity contribution in [2.45, 2.75) is 19.9 Å². The molecule has 0 aliphatic carbocycles. The van der Waals surface area contributed by atoms with E-state index in [-0.39, 0.29) is 23.4 Å². The summed E-state index contributed by atoms with van der Waals surface area (Å²) < 4.78 is 10.6. The molecule has 0 unspecified atom stereocenters. The molecule has 0 fully saturated rings. The Morgan fingerprint density at radius 2 is 1.89 bits per heavy atom. The molecule has 144 valence electrons. The number of nitro benzene ring substituents is 1. The normalized spacial score (nSPS) is 11.8. The van der Waals surface area contributed by atoms with Crippen molar-refractivity contribution in [2.75, 3.05) is 6.61 Å². The molecule has 1 heterocycles. The first-order chi connectivity index (χ1) is 13.4. The van der Waals surface area contributed by atoms with E-state index in [0.717, 1.165) is 17.5 Å². The minimum absolute atomic E-state index is 0.0137. The molecule has 8 nitrogen and oxygen atoms in total. The lowest BCUT2D eigenvalue weighted by Gasteiger charge is -2.12. The molecule has 0 saturated heterocycles. The third-order valence-electron chi connectivity index (χ3n) is 4.12. The number of amides is 1. The minimum atomic E-state index is -0.731. The molecular formula is C20H18N2O6. The Hall–Kier alpha value is -3.68. The lowest BCUT2D eigenvalue weighted by atomic mass is 10.1. The first-order valence-electron chi connectivity index (χ1n) is 8.65. The summed E-state index contributed by atoms with van der Waals surface area (Å²) in [6.07, 6.45) is 0. The summed E-state index contributed by atoms with van der Waals surface area (Å²) in [6, 6.07) is 12.2. The fourth-order valence-electron chi connectivity index (χ4n) is 2.75. The Kier molecular flexibility index (Phi) is 5.39. The summed E-state index contributed by atoms with van der Waals surface area (Å²) in [5.74, 6) is -0.751. The highest BCUT2D eigenvalue weighted by Gasteiger charge is 2.21. The molecule has 0 spiro atoms. The number of furan rings is 1. The Morgan fingerprint density at radius 3 is 2.57 bits per heavy atom. The Morgan fingerprint density at radius 1 is 1.18 bits per heavy atom. The van der Waals surface area contributed by atoms with E-state index < -0.39 is 22.8 Å². The van der Waals surface area contributed by atoms with Crippen LogP contribution in [-0.4, -0.2) is 23.4 Å². The number of fused-ring (bicyclic) bond motifs is 1. The summed E-state index contributed by atoms with van der Waals surface area (Å²) in [4.78, 5) is 35.1. The molecule has 1 N–H and O–H groups in total. The molecular weight excluding hydrogens is 364 g/mol. The van der Waals surface area contributed by atoms with Gasteiger partial charge in [0.05, 0.1) is 23.1 Å². The number of non-ortho nitro benzene ring substituents is 1. The van der Waals surface area contributed by atoms with Crippen molar-refractivity contribution in [3.05, 3.63) is 75.5 Å². The second-order valence-corrected chi connectivity index (χ2v) is 6.13. The summed E-state index contributed by atoms with van der Waals surface area (Å²) >= 11 is 0. The van der Waals surface area contributed by atoms with Gasteiger partial charge in [-0.3, -0.25) is 14.9 Å². The molecule has 0 bridgehead atoms. The molecule has 2 aromatic carbocycles. The molecule has 3 aromatic rings. The average Bonchev–Trinajstić information content (AvgIpc) is 3.12. The molecule has 0 aliphatic heterocycles. The summed E-state index contributed by atoms with van der Waals surface area (Å²) in [7, 11) is 0. The van der Waals surface area contributed by atoms with Gasteiger partial charge in [-0.05, 0) is 32.0 Å². The van der Waals surface area contributed by atoms with Crippen LogP contribution in [0.25, 0.3) is 11.0 Å². The highest BCUT2D eigenvalue weighted by atomic mass is 16.6. The van der Waals surface area contributed by atoms with Crippen LogP contribution in [0.15, 0.2) is 52.9 Å². The predicted octanol–water partition coefficient (Wildman–Crippen LogP) is 4.01. The SMILES string of the molecule is CCOC(=O)c1cc(C(=O)N[C@@H](C)c2cc3ccccc3o2)cc([N+](=O)[O-])c1. The van der Waals surface area contributed by atoms with Crippen molar-refractivity contribution in [3.8, 4) is 0 Å². The number of hydrogen-bond acceptors (Lipinski definition) is 6. The topological polar surface area (TPSA) is 112 Å². The number of ether oxygens (including phenoxy) is 1. The fraction of sp³-hybridized carbons (Fsp3) is 0.200. The van der Waals surface area contributed by atoms with Crippen LogP contribution in [0.3, 0.4) is 0 Å². The first kappa shape index (κ1) is 19.1. The van der Waals surface area contributed by atoms with Crippen LogP contribution < -0.4 is 5.32 Å². The molecule has 1 aromatic heterocycles. The third kappa shape index (κ3) is 4.01. The van der Waals surface area contributed by atoms with Gasteiger partial charge in [0.1, 0.15) is 11.3 Å². The van der Waals surface area contributed by atoms with Crippen LogP contribution in [0.2, 0.25) is 0 Å². The molecule has 0 radical (unpaired) electrons. The van der Waals surface area contributed by atoms with E-state index in [1.807, 2.05) is 30.3 Å².